The maximum Gasteiger partial charge on any atom is 0.245 e. The molecule has 0 saturated heterocycles. The Labute approximate surface area is 197 Å². The predicted molar refractivity (Wildman–Crippen MR) is 127 cm³/mol. The van der Waals surface area contributed by atoms with E-state index >= 15 is 0 Å². The largest absolute Gasteiger partial charge is 0.495 e. The van der Waals surface area contributed by atoms with Crippen molar-refractivity contribution < 1.29 is 17.9 Å². The lowest BCUT2D eigenvalue weighted by molar-refractivity contribution is -0.117. The second-order valence-electron chi connectivity index (χ2n) is 7.11. The van der Waals surface area contributed by atoms with Crippen molar-refractivity contribution in [2.75, 3.05) is 12.4 Å². The molecule has 0 saturated carbocycles. The zero-order valence-corrected chi connectivity index (χ0v) is 19.8. The molecule has 0 spiro atoms. The number of sulfonamides is 1. The Balaban J connectivity index is 1.93. The quantitative estimate of drug-likeness (QED) is 0.471. The van der Waals surface area contributed by atoms with Gasteiger partial charge in [0.25, 0.3) is 0 Å². The summed E-state index contributed by atoms with van der Waals surface area (Å²) in [4.78, 5) is 13.0. The molecule has 0 bridgehead atoms. The first-order chi connectivity index (χ1) is 15.2. The summed E-state index contributed by atoms with van der Waals surface area (Å²) in [5.74, 6) is -0.391. The molecule has 0 fully saturated rings. The minimum atomic E-state index is -4.14. The number of benzene rings is 3. The SMILES string of the molecule is COc1ccc(Cl)cc1S(=O)(=O)N[C@@H](Cc1ccccc1)C(=O)Nc1ccc(Cl)cc1C. The van der Waals surface area contributed by atoms with Gasteiger partial charge in [-0.05, 0) is 60.9 Å². The van der Waals surface area contributed by atoms with Crippen molar-refractivity contribution >= 4 is 44.8 Å². The van der Waals surface area contributed by atoms with Gasteiger partial charge in [0.15, 0.2) is 0 Å². The molecule has 1 amide bonds. The van der Waals surface area contributed by atoms with Crippen LogP contribution >= 0.6 is 23.2 Å². The van der Waals surface area contributed by atoms with Crippen LogP contribution in [0.3, 0.4) is 0 Å². The van der Waals surface area contributed by atoms with E-state index in [-0.39, 0.29) is 22.1 Å². The second kappa shape index (κ2) is 10.4. The van der Waals surface area contributed by atoms with Crippen LogP contribution in [-0.2, 0) is 21.2 Å². The Morgan fingerprint density at radius 2 is 1.66 bits per heavy atom. The zero-order chi connectivity index (χ0) is 23.3. The summed E-state index contributed by atoms with van der Waals surface area (Å²) >= 11 is 12.0. The van der Waals surface area contributed by atoms with Gasteiger partial charge in [0.05, 0.1) is 7.11 Å². The first-order valence-corrected chi connectivity index (χ1v) is 11.9. The summed E-state index contributed by atoms with van der Waals surface area (Å²) in [5.41, 5.74) is 2.09. The molecule has 3 rings (SSSR count). The van der Waals surface area contributed by atoms with Crippen molar-refractivity contribution in [1.29, 1.82) is 0 Å². The van der Waals surface area contributed by atoms with Crippen LogP contribution in [0.1, 0.15) is 11.1 Å². The molecular weight excluding hydrogens is 471 g/mol. The van der Waals surface area contributed by atoms with E-state index in [2.05, 4.69) is 10.0 Å². The van der Waals surface area contributed by atoms with Crippen LogP contribution in [0.15, 0.2) is 71.6 Å². The summed E-state index contributed by atoms with van der Waals surface area (Å²) < 4.78 is 34.1. The molecule has 1 atom stereocenters. The summed E-state index contributed by atoms with van der Waals surface area (Å²) in [6.07, 6.45) is 0.140. The van der Waals surface area contributed by atoms with E-state index in [1.807, 2.05) is 30.3 Å². The van der Waals surface area contributed by atoms with Crippen LogP contribution in [0.4, 0.5) is 5.69 Å². The lowest BCUT2D eigenvalue weighted by atomic mass is 10.1. The molecule has 3 aromatic rings. The number of carbonyl (C=O) groups is 1. The van der Waals surface area contributed by atoms with Crippen molar-refractivity contribution in [3.05, 3.63) is 87.9 Å². The van der Waals surface area contributed by atoms with Gasteiger partial charge < -0.3 is 10.1 Å². The third kappa shape index (κ3) is 6.01. The number of rotatable bonds is 8. The van der Waals surface area contributed by atoms with E-state index < -0.39 is 22.0 Å². The molecule has 0 aliphatic carbocycles. The molecule has 0 unspecified atom stereocenters. The average molecular weight is 493 g/mol. The Hall–Kier alpha value is -2.58. The summed E-state index contributed by atoms with van der Waals surface area (Å²) in [7, 11) is -2.78. The van der Waals surface area contributed by atoms with Crippen LogP contribution in [0, 0.1) is 6.92 Å². The molecule has 168 valence electrons. The number of hydrogen-bond acceptors (Lipinski definition) is 4. The Morgan fingerprint density at radius 1 is 1.00 bits per heavy atom. The van der Waals surface area contributed by atoms with E-state index in [1.54, 1.807) is 25.1 Å². The van der Waals surface area contributed by atoms with Gasteiger partial charge in [0.2, 0.25) is 15.9 Å². The van der Waals surface area contributed by atoms with Gasteiger partial charge in [-0.15, -0.1) is 0 Å². The number of amides is 1. The fraction of sp³-hybridized carbons (Fsp3) is 0.174. The molecule has 3 aromatic carbocycles. The lowest BCUT2D eigenvalue weighted by Gasteiger charge is -2.20. The first kappa shape index (κ1) is 24.1. The predicted octanol–water partition coefficient (Wildman–Crippen LogP) is 4.84. The van der Waals surface area contributed by atoms with Crippen LogP contribution in [0.25, 0.3) is 0 Å². The number of carbonyl (C=O) groups excluding carboxylic acids is 1. The van der Waals surface area contributed by atoms with E-state index in [9.17, 15) is 13.2 Å². The third-order valence-corrected chi connectivity index (χ3v) is 6.72. The normalized spacial score (nSPS) is 12.2. The zero-order valence-electron chi connectivity index (χ0n) is 17.4. The van der Waals surface area contributed by atoms with Gasteiger partial charge in [-0.1, -0.05) is 53.5 Å². The number of nitrogens with one attached hydrogen (secondary N) is 2. The average Bonchev–Trinajstić information content (AvgIpc) is 2.75. The number of hydrogen-bond donors (Lipinski definition) is 2. The molecule has 0 radical (unpaired) electrons. The summed E-state index contributed by atoms with van der Waals surface area (Å²) in [6, 6.07) is 17.3. The highest BCUT2D eigenvalue weighted by Gasteiger charge is 2.29. The maximum atomic E-state index is 13.2. The Bertz CT molecular complexity index is 1220. The first-order valence-electron chi connectivity index (χ1n) is 9.66. The number of anilines is 1. The van der Waals surface area contributed by atoms with Gasteiger partial charge in [0, 0.05) is 15.7 Å². The van der Waals surface area contributed by atoms with E-state index in [0.29, 0.717) is 10.7 Å². The molecule has 0 aliphatic heterocycles. The molecule has 0 heterocycles. The molecule has 6 nitrogen and oxygen atoms in total. The lowest BCUT2D eigenvalue weighted by Crippen LogP contribution is -2.45. The monoisotopic (exact) mass is 492 g/mol. The van der Waals surface area contributed by atoms with Crippen molar-refractivity contribution in [3.8, 4) is 5.75 Å². The van der Waals surface area contributed by atoms with Crippen LogP contribution in [0.5, 0.6) is 5.75 Å². The molecule has 0 aromatic heterocycles. The summed E-state index contributed by atoms with van der Waals surface area (Å²) in [5, 5.41) is 3.56. The maximum absolute atomic E-state index is 13.2. The molecule has 0 aliphatic rings. The number of ether oxygens (including phenoxy) is 1. The molecule has 2 N–H and O–H groups in total. The smallest absolute Gasteiger partial charge is 0.245 e. The van der Waals surface area contributed by atoms with E-state index in [1.165, 1.54) is 25.3 Å². The van der Waals surface area contributed by atoms with E-state index in [4.69, 9.17) is 27.9 Å². The van der Waals surface area contributed by atoms with Gasteiger partial charge in [-0.3, -0.25) is 4.79 Å². The van der Waals surface area contributed by atoms with Crippen molar-refractivity contribution in [1.82, 2.24) is 4.72 Å². The van der Waals surface area contributed by atoms with Gasteiger partial charge >= 0.3 is 0 Å². The van der Waals surface area contributed by atoms with Crippen LogP contribution in [0.2, 0.25) is 10.0 Å². The fourth-order valence-electron chi connectivity index (χ4n) is 3.14. The van der Waals surface area contributed by atoms with Crippen LogP contribution < -0.4 is 14.8 Å². The third-order valence-electron chi connectivity index (χ3n) is 4.76. The number of methoxy groups -OCH3 is 1. The van der Waals surface area contributed by atoms with Gasteiger partial charge in [0.1, 0.15) is 16.7 Å². The minimum absolute atomic E-state index is 0.120. The number of aryl methyl sites for hydroxylation is 1. The standard InChI is InChI=1S/C23H22Cl2N2O4S/c1-15-12-17(24)8-10-19(15)26-23(28)20(13-16-6-4-3-5-7-16)27-32(29,30)22-14-18(25)9-11-21(22)31-2/h3-12,14,20,27H,13H2,1-2H3,(H,26,28)/t20-/m0/s1. The van der Waals surface area contributed by atoms with Crippen molar-refractivity contribution in [3.63, 3.8) is 0 Å². The highest BCUT2D eigenvalue weighted by Crippen LogP contribution is 2.27. The molecule has 9 heteroatoms. The summed E-state index contributed by atoms with van der Waals surface area (Å²) in [6.45, 7) is 1.80. The Morgan fingerprint density at radius 3 is 2.31 bits per heavy atom. The van der Waals surface area contributed by atoms with E-state index in [0.717, 1.165) is 11.1 Å². The number of halogens is 2. The Kier molecular flexibility index (Phi) is 7.79. The molecular formula is C23H22Cl2N2O4S. The van der Waals surface area contributed by atoms with Crippen molar-refractivity contribution in [2.24, 2.45) is 0 Å². The second-order valence-corrected chi connectivity index (χ2v) is 9.66. The minimum Gasteiger partial charge on any atom is -0.495 e. The highest BCUT2D eigenvalue weighted by molar-refractivity contribution is 7.89. The van der Waals surface area contributed by atoms with Crippen molar-refractivity contribution in [2.45, 2.75) is 24.3 Å². The molecule has 32 heavy (non-hydrogen) atoms. The topological polar surface area (TPSA) is 84.5 Å². The van der Waals surface area contributed by atoms with Crippen LogP contribution in [-0.4, -0.2) is 27.5 Å². The fourth-order valence-corrected chi connectivity index (χ4v) is 4.99. The highest BCUT2D eigenvalue weighted by atomic mass is 35.5. The van der Waals surface area contributed by atoms with Gasteiger partial charge in [-0.25, -0.2) is 8.42 Å². The van der Waals surface area contributed by atoms with Gasteiger partial charge in [-0.2, -0.15) is 4.72 Å².